The van der Waals surface area contributed by atoms with Gasteiger partial charge in [0.1, 0.15) is 11.0 Å². The highest BCUT2D eigenvalue weighted by atomic mass is 32.2. The Morgan fingerprint density at radius 1 is 1.04 bits per heavy atom. The van der Waals surface area contributed by atoms with E-state index in [1.165, 1.54) is 11.3 Å². The number of carbonyl (C=O) groups is 2. The van der Waals surface area contributed by atoms with E-state index in [1.807, 2.05) is 22.9 Å². The highest BCUT2D eigenvalue weighted by Crippen LogP contribution is 2.57. The van der Waals surface area contributed by atoms with E-state index in [4.69, 9.17) is 0 Å². The van der Waals surface area contributed by atoms with Crippen LogP contribution in [0.1, 0.15) is 37.1 Å². The topological polar surface area (TPSA) is 59.9 Å². The van der Waals surface area contributed by atoms with Crippen LogP contribution in [0.5, 0.6) is 0 Å². The summed E-state index contributed by atoms with van der Waals surface area (Å²) in [6, 6.07) is 1.84. The van der Waals surface area contributed by atoms with Gasteiger partial charge in [-0.2, -0.15) is 8.75 Å². The number of thiophene rings is 1. The van der Waals surface area contributed by atoms with Crippen molar-refractivity contribution in [3.05, 3.63) is 45.2 Å². The van der Waals surface area contributed by atoms with E-state index in [1.54, 1.807) is 11.8 Å². The number of hydrogen-bond donors (Lipinski definition) is 0. The lowest BCUT2D eigenvalue weighted by Gasteiger charge is -2.10. The van der Waals surface area contributed by atoms with Gasteiger partial charge in [-0.25, -0.2) is 0 Å². The van der Waals surface area contributed by atoms with Gasteiger partial charge in [0.05, 0.1) is 22.9 Å². The molecular formula is C16H6N2O2S3. The Morgan fingerprint density at radius 2 is 1.91 bits per heavy atom. The highest BCUT2D eigenvalue weighted by molar-refractivity contribution is 8.02. The number of rotatable bonds is 0. The van der Waals surface area contributed by atoms with Crippen LogP contribution >= 0.6 is 34.8 Å². The smallest absolute Gasteiger partial charge is 0.195 e. The summed E-state index contributed by atoms with van der Waals surface area (Å²) < 4.78 is 8.94. The van der Waals surface area contributed by atoms with Gasteiger partial charge in [-0.1, -0.05) is 6.08 Å². The fourth-order valence-corrected chi connectivity index (χ4v) is 6.55. The fourth-order valence-electron chi connectivity index (χ4n) is 3.86. The molecule has 1 aromatic carbocycles. The number of allylic oxidation sites excluding steroid dienone is 1. The van der Waals surface area contributed by atoms with Gasteiger partial charge >= 0.3 is 0 Å². The van der Waals surface area contributed by atoms with Crippen LogP contribution in [0, 0.1) is 5.92 Å². The molecule has 4 nitrogen and oxygen atoms in total. The normalized spacial score (nSPS) is 23.5. The lowest BCUT2D eigenvalue weighted by molar-refractivity contribution is 0.0950. The van der Waals surface area contributed by atoms with Crippen LogP contribution in [-0.2, 0) is 0 Å². The SMILES string of the molecule is O=C1c2ccsc2-c2c1c1c(c3nsnc23)C2SC=CC2C1=O. The van der Waals surface area contributed by atoms with E-state index in [-0.39, 0.29) is 22.7 Å². The molecule has 7 heteroatoms. The number of hydrogen-bond acceptors (Lipinski definition) is 7. The first kappa shape index (κ1) is 12.6. The van der Waals surface area contributed by atoms with Crippen molar-refractivity contribution in [2.24, 2.45) is 5.92 Å². The number of benzene rings is 1. The predicted octanol–water partition coefficient (Wildman–Crippen LogP) is 4.08. The summed E-state index contributed by atoms with van der Waals surface area (Å²) in [5.41, 5.74) is 5.18. The Labute approximate surface area is 142 Å². The molecule has 0 radical (unpaired) electrons. The number of Topliss-reactive ketones (excluding diaryl/α,β-unsaturated/α-hetero) is 1. The van der Waals surface area contributed by atoms with Crippen molar-refractivity contribution < 1.29 is 9.59 Å². The summed E-state index contributed by atoms with van der Waals surface area (Å²) >= 11 is 4.32. The van der Waals surface area contributed by atoms with Crippen molar-refractivity contribution in [2.45, 2.75) is 5.25 Å². The summed E-state index contributed by atoms with van der Waals surface area (Å²) in [6.45, 7) is 0. The molecule has 6 rings (SSSR count). The molecule has 0 fully saturated rings. The molecule has 23 heavy (non-hydrogen) atoms. The monoisotopic (exact) mass is 354 g/mol. The first-order valence-electron chi connectivity index (χ1n) is 7.08. The summed E-state index contributed by atoms with van der Waals surface area (Å²) in [6.07, 6.45) is 1.95. The molecule has 3 aliphatic rings. The van der Waals surface area contributed by atoms with Crippen LogP contribution in [0.15, 0.2) is 22.9 Å². The van der Waals surface area contributed by atoms with Crippen molar-refractivity contribution in [3.8, 4) is 10.4 Å². The minimum Gasteiger partial charge on any atom is -0.293 e. The van der Waals surface area contributed by atoms with Crippen LogP contribution in [0.2, 0.25) is 0 Å². The van der Waals surface area contributed by atoms with Crippen LogP contribution in [0.25, 0.3) is 21.5 Å². The number of aromatic nitrogens is 2. The quantitative estimate of drug-likeness (QED) is 0.476. The average molecular weight is 354 g/mol. The maximum atomic E-state index is 13.0. The number of fused-ring (bicyclic) bond motifs is 10. The molecule has 0 N–H and O–H groups in total. The summed E-state index contributed by atoms with van der Waals surface area (Å²) in [5.74, 6) is -0.150. The average Bonchev–Trinajstić information content (AvgIpc) is 3.31. The number of carbonyl (C=O) groups excluding carboxylic acids is 2. The molecule has 0 spiro atoms. The second-order valence-electron chi connectivity index (χ2n) is 5.77. The molecule has 2 aromatic heterocycles. The summed E-state index contributed by atoms with van der Waals surface area (Å²) in [7, 11) is 0. The van der Waals surface area contributed by atoms with Gasteiger partial charge in [0.25, 0.3) is 0 Å². The third-order valence-corrected chi connectivity index (χ3v) is 7.38. The molecule has 110 valence electrons. The van der Waals surface area contributed by atoms with E-state index in [0.29, 0.717) is 16.7 Å². The van der Waals surface area contributed by atoms with Crippen LogP contribution in [-0.4, -0.2) is 20.3 Å². The zero-order valence-corrected chi connectivity index (χ0v) is 13.8. The maximum absolute atomic E-state index is 13.0. The Kier molecular flexibility index (Phi) is 2.17. The maximum Gasteiger partial charge on any atom is 0.195 e. The van der Waals surface area contributed by atoms with Gasteiger partial charge in [-0.05, 0) is 16.9 Å². The number of nitrogens with zero attached hydrogens (tertiary/aromatic N) is 2. The van der Waals surface area contributed by atoms with Crippen molar-refractivity contribution in [1.29, 1.82) is 0 Å². The number of ketones is 2. The zero-order chi connectivity index (χ0) is 15.3. The first-order chi connectivity index (χ1) is 11.3. The highest BCUT2D eigenvalue weighted by Gasteiger charge is 2.48. The first-order valence-corrected chi connectivity index (χ1v) is 9.63. The molecular weight excluding hydrogens is 348 g/mol. The largest absolute Gasteiger partial charge is 0.293 e. The van der Waals surface area contributed by atoms with Gasteiger partial charge in [-0.15, -0.1) is 23.1 Å². The van der Waals surface area contributed by atoms with E-state index in [2.05, 4.69) is 8.75 Å². The van der Waals surface area contributed by atoms with E-state index >= 15 is 0 Å². The third-order valence-electron chi connectivity index (χ3n) is 4.78. The molecule has 1 aliphatic heterocycles. The molecule has 2 aliphatic carbocycles. The van der Waals surface area contributed by atoms with Gasteiger partial charge in [0, 0.05) is 32.7 Å². The second kappa shape index (κ2) is 3.98. The fraction of sp³-hybridized carbons (Fsp3) is 0.125. The molecule has 2 unspecified atom stereocenters. The van der Waals surface area contributed by atoms with Gasteiger partial charge in [0.2, 0.25) is 0 Å². The lowest BCUT2D eigenvalue weighted by atomic mass is 9.95. The summed E-state index contributed by atoms with van der Waals surface area (Å²) in [4.78, 5) is 26.8. The van der Waals surface area contributed by atoms with E-state index in [0.717, 1.165) is 38.8 Å². The van der Waals surface area contributed by atoms with Crippen molar-refractivity contribution in [3.63, 3.8) is 0 Å². The standard InChI is InChI=1S/C16H6N2O2S3/c19-13-5-1-3-21-15(5)9-7(13)8-10(12-11(9)17-23-18-12)16-6(14(8)20)2-4-22-16/h1-5,15H. The van der Waals surface area contributed by atoms with E-state index < -0.39 is 0 Å². The predicted molar refractivity (Wildman–Crippen MR) is 91.5 cm³/mol. The minimum atomic E-state index is -0.169. The van der Waals surface area contributed by atoms with Crippen LogP contribution in [0.3, 0.4) is 0 Å². The Hall–Kier alpha value is -1.83. The Morgan fingerprint density at radius 3 is 2.83 bits per heavy atom. The minimum absolute atomic E-state index is 0.0373. The number of thioether (sulfide) groups is 1. The lowest BCUT2D eigenvalue weighted by Crippen LogP contribution is -2.09. The molecule has 0 bridgehead atoms. The molecule has 0 amide bonds. The van der Waals surface area contributed by atoms with Gasteiger partial charge in [-0.3, -0.25) is 9.59 Å². The molecule has 2 atom stereocenters. The molecule has 3 heterocycles. The van der Waals surface area contributed by atoms with Crippen LogP contribution in [0.4, 0.5) is 0 Å². The van der Waals surface area contributed by atoms with Crippen molar-refractivity contribution in [1.82, 2.24) is 8.75 Å². The third kappa shape index (κ3) is 1.28. The van der Waals surface area contributed by atoms with Crippen LogP contribution < -0.4 is 0 Å². The van der Waals surface area contributed by atoms with Gasteiger partial charge < -0.3 is 0 Å². The second-order valence-corrected chi connectivity index (χ2v) is 8.26. The molecule has 0 saturated heterocycles. The Bertz CT molecular complexity index is 1110. The molecule has 0 saturated carbocycles. The van der Waals surface area contributed by atoms with Gasteiger partial charge in [0.15, 0.2) is 11.6 Å². The summed E-state index contributed by atoms with van der Waals surface area (Å²) in [5, 5.41) is 3.94. The molecule has 3 aromatic rings. The Balaban J connectivity index is 1.85. The zero-order valence-electron chi connectivity index (χ0n) is 11.4. The van der Waals surface area contributed by atoms with E-state index in [9.17, 15) is 9.59 Å². The van der Waals surface area contributed by atoms with Crippen molar-refractivity contribution >= 4 is 57.4 Å². The van der Waals surface area contributed by atoms with Crippen molar-refractivity contribution in [2.75, 3.05) is 0 Å².